The summed E-state index contributed by atoms with van der Waals surface area (Å²) in [6, 6.07) is 6.65. The highest BCUT2D eigenvalue weighted by Crippen LogP contribution is 2.16. The van der Waals surface area contributed by atoms with Crippen molar-refractivity contribution in [3.63, 3.8) is 0 Å². The number of benzene rings is 1. The highest BCUT2D eigenvalue weighted by atomic mass is 16.5. The van der Waals surface area contributed by atoms with Crippen molar-refractivity contribution in [3.05, 3.63) is 42.1 Å². The van der Waals surface area contributed by atoms with Gasteiger partial charge < -0.3 is 20.2 Å². The van der Waals surface area contributed by atoms with Gasteiger partial charge in [0.2, 0.25) is 5.89 Å². The van der Waals surface area contributed by atoms with Crippen LogP contribution in [-0.2, 0) is 0 Å². The van der Waals surface area contributed by atoms with Crippen molar-refractivity contribution < 1.29 is 13.9 Å². The summed E-state index contributed by atoms with van der Waals surface area (Å²) >= 11 is 0. The minimum atomic E-state index is -0.346. The molecule has 6 nitrogen and oxygen atoms in total. The maximum absolute atomic E-state index is 11.9. The van der Waals surface area contributed by atoms with Crippen LogP contribution in [0.25, 0.3) is 0 Å². The van der Waals surface area contributed by atoms with Gasteiger partial charge in [0.15, 0.2) is 5.69 Å². The normalized spacial score (nSPS) is 11.9. The van der Waals surface area contributed by atoms with Gasteiger partial charge in [-0.3, -0.25) is 4.79 Å². The summed E-state index contributed by atoms with van der Waals surface area (Å²) < 4.78 is 10.1. The number of carbonyl (C=O) groups is 1. The van der Waals surface area contributed by atoms with E-state index >= 15 is 0 Å². The van der Waals surface area contributed by atoms with E-state index < -0.39 is 0 Å². The quantitative estimate of drug-likeness (QED) is 0.877. The largest absolute Gasteiger partial charge is 0.497 e. The molecule has 0 aliphatic rings. The predicted octanol–water partition coefficient (Wildman–Crippen LogP) is 1.96. The van der Waals surface area contributed by atoms with Crippen molar-refractivity contribution in [1.82, 2.24) is 4.98 Å². The SMILES string of the molecule is COc1ccc(NC(=O)c2coc(C(C)N)n2)cc1. The number of nitrogens with two attached hydrogens (primary N) is 1. The van der Waals surface area contributed by atoms with Gasteiger partial charge in [-0.1, -0.05) is 0 Å². The summed E-state index contributed by atoms with van der Waals surface area (Å²) in [6.45, 7) is 1.73. The third kappa shape index (κ3) is 3.11. The number of hydrogen-bond acceptors (Lipinski definition) is 5. The molecular weight excluding hydrogens is 246 g/mol. The number of hydrogen-bond donors (Lipinski definition) is 2. The molecule has 0 saturated heterocycles. The molecule has 0 bridgehead atoms. The van der Waals surface area contributed by atoms with Crippen LogP contribution in [0, 0.1) is 0 Å². The Morgan fingerprint density at radius 3 is 2.63 bits per heavy atom. The topological polar surface area (TPSA) is 90.4 Å². The highest BCUT2D eigenvalue weighted by molar-refractivity contribution is 6.02. The van der Waals surface area contributed by atoms with Crippen LogP contribution in [0.5, 0.6) is 5.75 Å². The second-order valence-electron chi connectivity index (χ2n) is 4.04. The lowest BCUT2D eigenvalue weighted by Gasteiger charge is -2.04. The molecule has 0 fully saturated rings. The molecular formula is C13H15N3O3. The van der Waals surface area contributed by atoms with Gasteiger partial charge in [0.1, 0.15) is 12.0 Å². The van der Waals surface area contributed by atoms with Crippen molar-refractivity contribution in [1.29, 1.82) is 0 Å². The molecule has 0 spiro atoms. The predicted molar refractivity (Wildman–Crippen MR) is 70.1 cm³/mol. The van der Waals surface area contributed by atoms with Crippen molar-refractivity contribution in [2.45, 2.75) is 13.0 Å². The lowest BCUT2D eigenvalue weighted by atomic mass is 10.3. The summed E-state index contributed by atoms with van der Waals surface area (Å²) in [4.78, 5) is 15.9. The van der Waals surface area contributed by atoms with Gasteiger partial charge in [-0.15, -0.1) is 0 Å². The van der Waals surface area contributed by atoms with E-state index in [2.05, 4.69) is 10.3 Å². The molecule has 1 unspecified atom stereocenters. The number of ether oxygens (including phenoxy) is 1. The fourth-order valence-corrected chi connectivity index (χ4v) is 1.47. The van der Waals surface area contributed by atoms with Gasteiger partial charge in [-0.2, -0.15) is 0 Å². The average Bonchev–Trinajstić information content (AvgIpc) is 2.89. The molecule has 0 radical (unpaired) electrons. The number of carbonyl (C=O) groups excluding carboxylic acids is 1. The van der Waals surface area contributed by atoms with E-state index in [0.29, 0.717) is 11.6 Å². The molecule has 1 amide bonds. The van der Waals surface area contributed by atoms with Gasteiger partial charge >= 0.3 is 0 Å². The third-order valence-electron chi connectivity index (χ3n) is 2.49. The molecule has 1 aromatic heterocycles. The summed E-state index contributed by atoms with van der Waals surface area (Å²) in [6.07, 6.45) is 1.29. The summed E-state index contributed by atoms with van der Waals surface area (Å²) in [7, 11) is 1.58. The average molecular weight is 261 g/mol. The van der Waals surface area contributed by atoms with E-state index in [0.717, 1.165) is 5.75 Å². The first-order chi connectivity index (χ1) is 9.10. The minimum absolute atomic E-state index is 0.197. The first kappa shape index (κ1) is 13.1. The Morgan fingerprint density at radius 1 is 1.42 bits per heavy atom. The summed E-state index contributed by atoms with van der Waals surface area (Å²) in [5, 5.41) is 2.70. The molecule has 0 saturated carbocycles. The number of aromatic nitrogens is 1. The zero-order chi connectivity index (χ0) is 13.8. The monoisotopic (exact) mass is 261 g/mol. The maximum atomic E-state index is 11.9. The zero-order valence-electron chi connectivity index (χ0n) is 10.7. The second kappa shape index (κ2) is 5.53. The van der Waals surface area contributed by atoms with Gasteiger partial charge in [-0.05, 0) is 31.2 Å². The number of oxazole rings is 1. The summed E-state index contributed by atoms with van der Waals surface area (Å²) in [5.74, 6) is 0.708. The molecule has 6 heteroatoms. The first-order valence-corrected chi connectivity index (χ1v) is 5.76. The third-order valence-corrected chi connectivity index (χ3v) is 2.49. The Morgan fingerprint density at radius 2 is 2.11 bits per heavy atom. The van der Waals surface area contributed by atoms with Crippen LogP contribution < -0.4 is 15.8 Å². The highest BCUT2D eigenvalue weighted by Gasteiger charge is 2.14. The van der Waals surface area contributed by atoms with E-state index in [4.69, 9.17) is 14.9 Å². The minimum Gasteiger partial charge on any atom is -0.497 e. The molecule has 100 valence electrons. The number of amides is 1. The molecule has 1 atom stereocenters. The lowest BCUT2D eigenvalue weighted by molar-refractivity contribution is 0.102. The summed E-state index contributed by atoms with van der Waals surface area (Å²) in [5.41, 5.74) is 6.46. The standard InChI is InChI=1S/C13H15N3O3/c1-8(14)13-16-11(7-19-13)12(17)15-9-3-5-10(18-2)6-4-9/h3-8H,14H2,1-2H3,(H,15,17). The van der Waals surface area contributed by atoms with E-state index in [1.807, 2.05) is 0 Å². The van der Waals surface area contributed by atoms with Crippen LogP contribution in [0.1, 0.15) is 29.3 Å². The van der Waals surface area contributed by atoms with Gasteiger partial charge in [-0.25, -0.2) is 4.98 Å². The van der Waals surface area contributed by atoms with Gasteiger partial charge in [0.25, 0.3) is 5.91 Å². The number of anilines is 1. The molecule has 3 N–H and O–H groups in total. The van der Waals surface area contributed by atoms with Crippen molar-refractivity contribution in [2.75, 3.05) is 12.4 Å². The van der Waals surface area contributed by atoms with E-state index in [9.17, 15) is 4.79 Å². The number of nitrogens with zero attached hydrogens (tertiary/aromatic N) is 1. The van der Waals surface area contributed by atoms with Crippen LogP contribution >= 0.6 is 0 Å². The number of rotatable bonds is 4. The van der Waals surface area contributed by atoms with Crippen LogP contribution in [0.15, 0.2) is 34.9 Å². The molecule has 1 heterocycles. The Bertz CT molecular complexity index is 561. The van der Waals surface area contributed by atoms with Gasteiger partial charge in [0.05, 0.1) is 13.2 Å². The first-order valence-electron chi connectivity index (χ1n) is 5.76. The van der Waals surface area contributed by atoms with Crippen molar-refractivity contribution >= 4 is 11.6 Å². The van der Waals surface area contributed by atoms with Crippen molar-refractivity contribution in [2.24, 2.45) is 5.73 Å². The van der Waals surface area contributed by atoms with Crippen LogP contribution in [0.3, 0.4) is 0 Å². The number of nitrogens with one attached hydrogen (secondary N) is 1. The Kier molecular flexibility index (Phi) is 3.82. The molecule has 0 aliphatic heterocycles. The molecule has 2 rings (SSSR count). The molecule has 0 aliphatic carbocycles. The molecule has 2 aromatic rings. The van der Waals surface area contributed by atoms with E-state index in [-0.39, 0.29) is 17.6 Å². The molecule has 19 heavy (non-hydrogen) atoms. The Balaban J connectivity index is 2.06. The van der Waals surface area contributed by atoms with Gasteiger partial charge in [0, 0.05) is 5.69 Å². The number of methoxy groups -OCH3 is 1. The zero-order valence-corrected chi connectivity index (χ0v) is 10.7. The van der Waals surface area contributed by atoms with Crippen LogP contribution in [0.4, 0.5) is 5.69 Å². The second-order valence-corrected chi connectivity index (χ2v) is 4.04. The molecule has 1 aromatic carbocycles. The maximum Gasteiger partial charge on any atom is 0.277 e. The Hall–Kier alpha value is -2.34. The fraction of sp³-hybridized carbons (Fsp3) is 0.231. The van der Waals surface area contributed by atoms with Crippen LogP contribution in [0.2, 0.25) is 0 Å². The Labute approximate surface area is 110 Å². The van der Waals surface area contributed by atoms with Crippen LogP contribution in [-0.4, -0.2) is 18.0 Å². The fourth-order valence-electron chi connectivity index (χ4n) is 1.47. The lowest BCUT2D eigenvalue weighted by Crippen LogP contribution is -2.13. The smallest absolute Gasteiger partial charge is 0.277 e. The van der Waals surface area contributed by atoms with E-state index in [1.54, 1.807) is 38.3 Å². The van der Waals surface area contributed by atoms with Crippen molar-refractivity contribution in [3.8, 4) is 5.75 Å². The van der Waals surface area contributed by atoms with E-state index in [1.165, 1.54) is 6.26 Å².